The first-order valence-electron chi connectivity index (χ1n) is 5.24. The van der Waals surface area contributed by atoms with E-state index < -0.39 is 0 Å². The number of hydrogen-bond acceptors (Lipinski definition) is 5. The molecule has 0 atom stereocenters. The minimum atomic E-state index is -0.274. The number of ether oxygens (including phenoxy) is 1. The SMILES string of the molecule is CCSCCCOC(=O)Cn1ccc(N)n1. The van der Waals surface area contributed by atoms with E-state index >= 15 is 0 Å². The fraction of sp³-hybridized carbons (Fsp3) is 0.600. The van der Waals surface area contributed by atoms with Gasteiger partial charge in [-0.15, -0.1) is 0 Å². The quantitative estimate of drug-likeness (QED) is 0.574. The molecule has 0 unspecified atom stereocenters. The highest BCUT2D eigenvalue weighted by atomic mass is 32.2. The van der Waals surface area contributed by atoms with Gasteiger partial charge in [-0.25, -0.2) is 0 Å². The number of hydrogen-bond donors (Lipinski definition) is 1. The van der Waals surface area contributed by atoms with Crippen LogP contribution in [0.2, 0.25) is 0 Å². The fourth-order valence-electron chi connectivity index (χ4n) is 1.13. The molecule has 0 aliphatic heterocycles. The molecule has 0 radical (unpaired) electrons. The van der Waals surface area contributed by atoms with Crippen molar-refractivity contribution in [1.29, 1.82) is 0 Å². The van der Waals surface area contributed by atoms with Crippen LogP contribution in [-0.2, 0) is 16.1 Å². The van der Waals surface area contributed by atoms with Gasteiger partial charge in [-0.05, 0) is 24.0 Å². The molecule has 90 valence electrons. The second-order valence-corrected chi connectivity index (χ2v) is 4.60. The standard InChI is InChI=1S/C10H17N3O2S/c1-2-16-7-3-6-15-10(14)8-13-5-4-9(11)12-13/h4-5H,2-3,6-8H2,1H3,(H2,11,12). The summed E-state index contributed by atoms with van der Waals surface area (Å²) in [5.41, 5.74) is 5.42. The topological polar surface area (TPSA) is 70.1 Å². The third-order valence-electron chi connectivity index (χ3n) is 1.85. The Bertz CT molecular complexity index is 328. The van der Waals surface area contributed by atoms with E-state index in [1.165, 1.54) is 4.68 Å². The molecule has 6 heteroatoms. The maximum atomic E-state index is 11.3. The first-order valence-corrected chi connectivity index (χ1v) is 6.40. The number of nitrogens with two attached hydrogens (primary N) is 1. The molecule has 0 aliphatic rings. The summed E-state index contributed by atoms with van der Waals surface area (Å²) >= 11 is 1.84. The summed E-state index contributed by atoms with van der Waals surface area (Å²) in [5.74, 6) is 2.26. The third-order valence-corrected chi connectivity index (χ3v) is 2.84. The number of carbonyl (C=O) groups excluding carboxylic acids is 1. The molecule has 0 aromatic carbocycles. The highest BCUT2D eigenvalue weighted by molar-refractivity contribution is 7.99. The predicted octanol–water partition coefficient (Wildman–Crippen LogP) is 1.15. The van der Waals surface area contributed by atoms with Gasteiger partial charge in [0.05, 0.1) is 6.61 Å². The van der Waals surface area contributed by atoms with Crippen molar-refractivity contribution in [1.82, 2.24) is 9.78 Å². The Hall–Kier alpha value is -1.17. The van der Waals surface area contributed by atoms with Crippen LogP contribution in [0.4, 0.5) is 5.82 Å². The van der Waals surface area contributed by atoms with Crippen molar-refractivity contribution >= 4 is 23.5 Å². The molecule has 1 rings (SSSR count). The zero-order valence-corrected chi connectivity index (χ0v) is 10.2. The van der Waals surface area contributed by atoms with Gasteiger partial charge in [0.15, 0.2) is 0 Å². The van der Waals surface area contributed by atoms with Crippen LogP contribution in [0.3, 0.4) is 0 Å². The van der Waals surface area contributed by atoms with E-state index in [-0.39, 0.29) is 12.5 Å². The van der Waals surface area contributed by atoms with E-state index in [9.17, 15) is 4.79 Å². The summed E-state index contributed by atoms with van der Waals surface area (Å²) in [5, 5.41) is 3.90. The average molecular weight is 243 g/mol. The first-order chi connectivity index (χ1) is 7.72. The minimum Gasteiger partial charge on any atom is -0.464 e. The monoisotopic (exact) mass is 243 g/mol. The third kappa shape index (κ3) is 5.06. The number of rotatable bonds is 7. The Morgan fingerprint density at radius 3 is 3.12 bits per heavy atom. The molecule has 1 aromatic heterocycles. The Morgan fingerprint density at radius 1 is 1.69 bits per heavy atom. The lowest BCUT2D eigenvalue weighted by atomic mass is 10.5. The van der Waals surface area contributed by atoms with Crippen molar-refractivity contribution in [3.8, 4) is 0 Å². The highest BCUT2D eigenvalue weighted by Crippen LogP contribution is 2.01. The first kappa shape index (κ1) is 12.9. The highest BCUT2D eigenvalue weighted by Gasteiger charge is 2.04. The van der Waals surface area contributed by atoms with Gasteiger partial charge in [-0.2, -0.15) is 16.9 Å². The smallest absolute Gasteiger partial charge is 0.327 e. The average Bonchev–Trinajstić information content (AvgIpc) is 2.63. The van der Waals surface area contributed by atoms with Crippen LogP contribution in [0.1, 0.15) is 13.3 Å². The molecule has 1 aromatic rings. The van der Waals surface area contributed by atoms with Gasteiger partial charge in [-0.1, -0.05) is 6.92 Å². The Kier molecular flexibility index (Phi) is 5.77. The summed E-state index contributed by atoms with van der Waals surface area (Å²) in [6.07, 6.45) is 2.55. The maximum Gasteiger partial charge on any atom is 0.327 e. The molecule has 0 saturated heterocycles. The molecule has 0 fully saturated rings. The number of nitrogens with zero attached hydrogens (tertiary/aromatic N) is 2. The fourth-order valence-corrected chi connectivity index (χ4v) is 1.75. The molecule has 16 heavy (non-hydrogen) atoms. The molecule has 0 aliphatic carbocycles. The largest absolute Gasteiger partial charge is 0.464 e. The van der Waals surface area contributed by atoms with E-state index in [4.69, 9.17) is 10.5 Å². The van der Waals surface area contributed by atoms with E-state index in [0.717, 1.165) is 17.9 Å². The van der Waals surface area contributed by atoms with Crippen LogP contribution in [0, 0.1) is 0 Å². The van der Waals surface area contributed by atoms with Gasteiger partial charge in [0.1, 0.15) is 12.4 Å². The summed E-state index contributed by atoms with van der Waals surface area (Å²) in [4.78, 5) is 11.3. The van der Waals surface area contributed by atoms with Crippen LogP contribution in [0.25, 0.3) is 0 Å². The van der Waals surface area contributed by atoms with E-state index in [0.29, 0.717) is 12.4 Å². The van der Waals surface area contributed by atoms with Crippen LogP contribution in [0.5, 0.6) is 0 Å². The van der Waals surface area contributed by atoms with Crippen molar-refractivity contribution in [3.05, 3.63) is 12.3 Å². The van der Waals surface area contributed by atoms with Crippen LogP contribution in [0.15, 0.2) is 12.3 Å². The van der Waals surface area contributed by atoms with Gasteiger partial charge in [0.2, 0.25) is 0 Å². The number of carbonyl (C=O) groups is 1. The molecule has 0 spiro atoms. The molecular weight excluding hydrogens is 226 g/mol. The maximum absolute atomic E-state index is 11.3. The molecule has 2 N–H and O–H groups in total. The Balaban J connectivity index is 2.11. The van der Waals surface area contributed by atoms with Gasteiger partial charge >= 0.3 is 5.97 Å². The number of nitrogen functional groups attached to an aromatic ring is 1. The van der Waals surface area contributed by atoms with Crippen molar-refractivity contribution in [3.63, 3.8) is 0 Å². The Morgan fingerprint density at radius 2 is 2.50 bits per heavy atom. The van der Waals surface area contributed by atoms with Crippen molar-refractivity contribution in [2.24, 2.45) is 0 Å². The summed E-state index contributed by atoms with van der Waals surface area (Å²) in [6, 6.07) is 1.64. The lowest BCUT2D eigenvalue weighted by Crippen LogP contribution is -2.15. The van der Waals surface area contributed by atoms with E-state index in [2.05, 4.69) is 12.0 Å². The zero-order valence-electron chi connectivity index (χ0n) is 9.39. The summed E-state index contributed by atoms with van der Waals surface area (Å²) < 4.78 is 6.52. The van der Waals surface area contributed by atoms with Gasteiger partial charge in [0, 0.05) is 6.20 Å². The van der Waals surface area contributed by atoms with Crippen LogP contribution in [-0.4, -0.2) is 33.9 Å². The number of anilines is 1. The number of aromatic nitrogens is 2. The molecule has 1 heterocycles. The number of thioether (sulfide) groups is 1. The van der Waals surface area contributed by atoms with Crippen molar-refractivity contribution in [2.45, 2.75) is 19.9 Å². The zero-order chi connectivity index (χ0) is 11.8. The summed E-state index contributed by atoms with van der Waals surface area (Å²) in [7, 11) is 0. The van der Waals surface area contributed by atoms with Gasteiger partial charge in [0.25, 0.3) is 0 Å². The number of esters is 1. The Labute approximate surface area is 99.3 Å². The summed E-state index contributed by atoms with van der Waals surface area (Å²) in [6.45, 7) is 2.71. The lowest BCUT2D eigenvalue weighted by molar-refractivity contribution is -0.144. The second-order valence-electron chi connectivity index (χ2n) is 3.21. The van der Waals surface area contributed by atoms with Crippen molar-refractivity contribution < 1.29 is 9.53 Å². The van der Waals surface area contributed by atoms with E-state index in [1.54, 1.807) is 12.3 Å². The lowest BCUT2D eigenvalue weighted by Gasteiger charge is -2.04. The van der Waals surface area contributed by atoms with Crippen molar-refractivity contribution in [2.75, 3.05) is 23.8 Å². The molecule has 0 saturated carbocycles. The predicted molar refractivity (Wildman–Crippen MR) is 65.2 cm³/mol. The van der Waals surface area contributed by atoms with Crippen LogP contribution >= 0.6 is 11.8 Å². The van der Waals surface area contributed by atoms with E-state index in [1.807, 2.05) is 11.8 Å². The molecule has 0 bridgehead atoms. The molecule has 5 nitrogen and oxygen atoms in total. The van der Waals surface area contributed by atoms with Gasteiger partial charge < -0.3 is 10.5 Å². The second kappa shape index (κ2) is 7.16. The van der Waals surface area contributed by atoms with Crippen LogP contribution < -0.4 is 5.73 Å². The minimum absolute atomic E-state index is 0.123. The molecule has 0 amide bonds. The molecular formula is C10H17N3O2S. The normalized spacial score (nSPS) is 10.3. The van der Waals surface area contributed by atoms with Gasteiger partial charge in [-0.3, -0.25) is 9.48 Å².